The Morgan fingerprint density at radius 3 is 2.57 bits per heavy atom. The topological polar surface area (TPSA) is 72.4 Å². The number of hydrazone groups is 1. The zero-order valence-electron chi connectivity index (χ0n) is 12.1. The van der Waals surface area contributed by atoms with Gasteiger partial charge in [-0.3, -0.25) is 14.8 Å². The van der Waals surface area contributed by atoms with Crippen LogP contribution in [-0.2, 0) is 0 Å². The smallest absolute Gasteiger partial charge is 0.262 e. The van der Waals surface area contributed by atoms with Crippen molar-refractivity contribution in [2.75, 3.05) is 0 Å². The fourth-order valence-corrected chi connectivity index (χ4v) is 2.41. The average Bonchev–Trinajstić information content (AvgIpc) is 2.94. The largest absolute Gasteiger partial charge is 0.375 e. The van der Waals surface area contributed by atoms with Gasteiger partial charge in [-0.15, -0.1) is 0 Å². The molecule has 1 heterocycles. The summed E-state index contributed by atoms with van der Waals surface area (Å²) in [6, 6.07) is 16.8. The first-order valence-electron chi connectivity index (χ1n) is 6.95. The van der Waals surface area contributed by atoms with Gasteiger partial charge in [-0.25, -0.2) is 0 Å². The second-order valence-electron chi connectivity index (χ2n) is 4.88. The molecule has 0 saturated heterocycles. The predicted octanol–water partition coefficient (Wildman–Crippen LogP) is 2.50. The highest BCUT2D eigenvalue weighted by molar-refractivity contribution is 7.80. The Morgan fingerprint density at radius 2 is 1.83 bits per heavy atom. The molecule has 0 radical (unpaired) electrons. The summed E-state index contributed by atoms with van der Waals surface area (Å²) in [4.78, 5) is 12.7. The summed E-state index contributed by atoms with van der Waals surface area (Å²) in [5.74, 6) is -0.0937. The molecule has 0 spiro atoms. The summed E-state index contributed by atoms with van der Waals surface area (Å²) in [6.45, 7) is 0. The Bertz CT molecular complexity index is 899. The van der Waals surface area contributed by atoms with Gasteiger partial charge in [-0.2, -0.15) is 5.10 Å². The first-order valence-corrected chi connectivity index (χ1v) is 7.36. The van der Waals surface area contributed by atoms with E-state index in [0.717, 1.165) is 16.5 Å². The van der Waals surface area contributed by atoms with Gasteiger partial charge >= 0.3 is 0 Å². The predicted molar refractivity (Wildman–Crippen MR) is 95.6 cm³/mol. The highest BCUT2D eigenvalue weighted by Crippen LogP contribution is 2.21. The third-order valence-corrected chi connectivity index (χ3v) is 3.45. The quantitative estimate of drug-likeness (QED) is 0.441. The molecule has 0 aliphatic heterocycles. The Labute approximate surface area is 138 Å². The monoisotopic (exact) mass is 322 g/mol. The van der Waals surface area contributed by atoms with Crippen molar-refractivity contribution < 1.29 is 4.79 Å². The second kappa shape index (κ2) is 6.41. The van der Waals surface area contributed by atoms with Crippen molar-refractivity contribution in [3.8, 4) is 0 Å². The van der Waals surface area contributed by atoms with Gasteiger partial charge in [0.2, 0.25) is 0 Å². The Balaban J connectivity index is 2.06. The van der Waals surface area contributed by atoms with Crippen molar-refractivity contribution in [2.45, 2.75) is 0 Å². The Hall–Kier alpha value is -2.99. The van der Waals surface area contributed by atoms with Crippen LogP contribution in [0.4, 0.5) is 0 Å². The molecule has 0 atom stereocenters. The summed E-state index contributed by atoms with van der Waals surface area (Å²) >= 11 is 4.71. The molecule has 0 aliphatic rings. The molecule has 0 amide bonds. The Kier molecular flexibility index (Phi) is 4.16. The first kappa shape index (κ1) is 14.9. The average molecular weight is 322 g/mol. The van der Waals surface area contributed by atoms with Crippen molar-refractivity contribution in [3.63, 3.8) is 0 Å². The number of carbonyl (C=O) groups excluding carboxylic acids is 1. The van der Waals surface area contributed by atoms with Gasteiger partial charge in [0, 0.05) is 22.7 Å². The number of nitrogens with zero attached hydrogens (tertiary/aromatic N) is 2. The van der Waals surface area contributed by atoms with Gasteiger partial charge in [0.15, 0.2) is 5.11 Å². The maximum absolute atomic E-state index is 12.7. The molecule has 0 fully saturated rings. The maximum Gasteiger partial charge on any atom is 0.262 e. The molecular weight excluding hydrogens is 308 g/mol. The van der Waals surface area contributed by atoms with Crippen LogP contribution in [-0.4, -0.2) is 21.8 Å². The lowest BCUT2D eigenvalue weighted by molar-refractivity contribution is 0.0965. The van der Waals surface area contributed by atoms with E-state index < -0.39 is 0 Å². The van der Waals surface area contributed by atoms with E-state index >= 15 is 0 Å². The second-order valence-corrected chi connectivity index (χ2v) is 5.32. The third-order valence-electron chi connectivity index (χ3n) is 3.36. The van der Waals surface area contributed by atoms with Gasteiger partial charge in [0.1, 0.15) is 0 Å². The number of hydrogen-bond donors (Lipinski definition) is 2. The standard InChI is InChI=1S/C17H14N4OS/c18-17(23)20-19-10-13-11-21(15-9-5-4-8-14(13)15)16(22)12-6-2-1-3-7-12/h1-11H,(H3,18,20,23)/b19-10+. The van der Waals surface area contributed by atoms with Crippen LogP contribution in [0.3, 0.4) is 0 Å². The van der Waals surface area contributed by atoms with Crippen molar-refractivity contribution in [1.82, 2.24) is 9.99 Å². The number of hydrogen-bond acceptors (Lipinski definition) is 3. The molecule has 23 heavy (non-hydrogen) atoms. The van der Waals surface area contributed by atoms with Gasteiger partial charge in [0.25, 0.3) is 5.91 Å². The molecule has 3 aromatic rings. The summed E-state index contributed by atoms with van der Waals surface area (Å²) < 4.78 is 1.62. The van der Waals surface area contributed by atoms with Crippen LogP contribution in [0.1, 0.15) is 15.9 Å². The fraction of sp³-hybridized carbons (Fsp3) is 0. The number of rotatable bonds is 3. The number of nitrogens with two attached hydrogens (primary N) is 1. The lowest BCUT2D eigenvalue weighted by Gasteiger charge is -2.03. The van der Waals surface area contributed by atoms with Crippen LogP contribution in [0.25, 0.3) is 10.9 Å². The van der Waals surface area contributed by atoms with Crippen LogP contribution in [0, 0.1) is 0 Å². The molecule has 2 aromatic carbocycles. The number of nitrogens with one attached hydrogen (secondary N) is 1. The van der Waals surface area contributed by atoms with E-state index in [2.05, 4.69) is 10.5 Å². The summed E-state index contributed by atoms with van der Waals surface area (Å²) in [5.41, 5.74) is 10.1. The number of fused-ring (bicyclic) bond motifs is 1. The van der Waals surface area contributed by atoms with Crippen LogP contribution < -0.4 is 11.2 Å². The lowest BCUT2D eigenvalue weighted by atomic mass is 10.2. The van der Waals surface area contributed by atoms with E-state index in [1.165, 1.54) is 0 Å². The van der Waals surface area contributed by atoms with E-state index in [1.54, 1.807) is 29.1 Å². The van der Waals surface area contributed by atoms with E-state index in [1.807, 2.05) is 42.5 Å². The molecule has 6 heteroatoms. The molecule has 0 saturated carbocycles. The molecule has 3 rings (SSSR count). The summed E-state index contributed by atoms with van der Waals surface area (Å²) in [6.07, 6.45) is 3.35. The lowest BCUT2D eigenvalue weighted by Crippen LogP contribution is -2.23. The number of benzene rings is 2. The summed E-state index contributed by atoms with van der Waals surface area (Å²) in [7, 11) is 0. The van der Waals surface area contributed by atoms with Crippen LogP contribution >= 0.6 is 12.2 Å². The van der Waals surface area contributed by atoms with E-state index in [0.29, 0.717) is 5.56 Å². The molecule has 5 nitrogen and oxygen atoms in total. The van der Waals surface area contributed by atoms with Crippen molar-refractivity contribution in [2.24, 2.45) is 10.8 Å². The first-order chi connectivity index (χ1) is 11.2. The van der Waals surface area contributed by atoms with Gasteiger partial charge in [0.05, 0.1) is 11.7 Å². The SMILES string of the molecule is NC(=S)N/N=C/c1cn(C(=O)c2ccccc2)c2ccccc12. The van der Waals surface area contributed by atoms with Crippen molar-refractivity contribution >= 4 is 40.4 Å². The molecule has 0 aliphatic carbocycles. The van der Waals surface area contributed by atoms with Gasteiger partial charge < -0.3 is 5.73 Å². The van der Waals surface area contributed by atoms with Crippen LogP contribution in [0.15, 0.2) is 65.9 Å². The van der Waals surface area contributed by atoms with Gasteiger partial charge in [-0.1, -0.05) is 36.4 Å². The van der Waals surface area contributed by atoms with E-state index in [-0.39, 0.29) is 11.0 Å². The highest BCUT2D eigenvalue weighted by atomic mass is 32.1. The van der Waals surface area contributed by atoms with Crippen molar-refractivity contribution in [1.29, 1.82) is 0 Å². The molecule has 114 valence electrons. The van der Waals surface area contributed by atoms with Crippen molar-refractivity contribution in [3.05, 3.63) is 71.9 Å². The molecule has 1 aromatic heterocycles. The minimum absolute atomic E-state index is 0.0883. The minimum Gasteiger partial charge on any atom is -0.375 e. The zero-order valence-corrected chi connectivity index (χ0v) is 13.0. The molecule has 3 N–H and O–H groups in total. The zero-order chi connectivity index (χ0) is 16.2. The summed E-state index contributed by atoms with van der Waals surface area (Å²) in [5, 5.41) is 4.98. The maximum atomic E-state index is 12.7. The number of para-hydroxylation sites is 1. The molecular formula is C17H14N4OS. The van der Waals surface area contributed by atoms with Gasteiger partial charge in [-0.05, 0) is 30.4 Å². The molecule has 0 unspecified atom stereocenters. The highest BCUT2D eigenvalue weighted by Gasteiger charge is 2.13. The normalized spacial score (nSPS) is 11.0. The number of thiocarbonyl (C=S) groups is 1. The molecule has 0 bridgehead atoms. The number of aromatic nitrogens is 1. The Morgan fingerprint density at radius 1 is 1.13 bits per heavy atom. The van der Waals surface area contributed by atoms with Crippen LogP contribution in [0.5, 0.6) is 0 Å². The van der Waals surface area contributed by atoms with E-state index in [4.69, 9.17) is 18.0 Å². The third kappa shape index (κ3) is 3.12. The van der Waals surface area contributed by atoms with Crippen LogP contribution in [0.2, 0.25) is 0 Å². The fourth-order valence-electron chi connectivity index (χ4n) is 2.36. The number of carbonyl (C=O) groups is 1. The van der Waals surface area contributed by atoms with E-state index in [9.17, 15) is 4.79 Å². The minimum atomic E-state index is -0.0937.